The first-order chi connectivity index (χ1) is 13.3. The Morgan fingerprint density at radius 1 is 0.963 bits per heavy atom. The summed E-state index contributed by atoms with van der Waals surface area (Å²) < 4.78 is 0. The van der Waals surface area contributed by atoms with Crippen LogP contribution in [0.3, 0.4) is 0 Å². The summed E-state index contributed by atoms with van der Waals surface area (Å²) in [5.74, 6) is 0.495. The Hall–Kier alpha value is -3.54. The van der Waals surface area contributed by atoms with Gasteiger partial charge >= 0.3 is 0 Å². The van der Waals surface area contributed by atoms with Crippen molar-refractivity contribution in [1.29, 1.82) is 0 Å². The minimum Gasteiger partial charge on any atom is -0.347 e. The Morgan fingerprint density at radius 2 is 1.78 bits per heavy atom. The highest BCUT2D eigenvalue weighted by atomic mass is 15.2. The standard InChI is InChI=1S/C21H20N6/c1-2-15-8-6-7-11-18(15)20-14-23-27-21(24-20)22-13-17-12-19(26-25-17)16-9-4-3-5-10-16/h3-12,14H,2,13H2,1H3,(H,25,26)(H,22,24,27). The van der Waals surface area contributed by atoms with Gasteiger partial charge in [0, 0.05) is 11.1 Å². The van der Waals surface area contributed by atoms with Gasteiger partial charge in [0.2, 0.25) is 5.95 Å². The smallest absolute Gasteiger partial charge is 0.243 e. The van der Waals surface area contributed by atoms with Crippen LogP contribution in [0.25, 0.3) is 22.5 Å². The average molecular weight is 356 g/mol. The van der Waals surface area contributed by atoms with Gasteiger partial charge in [-0.2, -0.15) is 10.2 Å². The van der Waals surface area contributed by atoms with Gasteiger partial charge in [0.05, 0.1) is 29.8 Å². The second-order valence-corrected chi connectivity index (χ2v) is 6.17. The summed E-state index contributed by atoms with van der Waals surface area (Å²) in [4.78, 5) is 4.61. The summed E-state index contributed by atoms with van der Waals surface area (Å²) in [6, 6.07) is 20.3. The van der Waals surface area contributed by atoms with Crippen LogP contribution in [0.4, 0.5) is 5.95 Å². The quantitative estimate of drug-likeness (QED) is 0.544. The lowest BCUT2D eigenvalue weighted by molar-refractivity contribution is 0.922. The zero-order valence-electron chi connectivity index (χ0n) is 15.1. The molecule has 0 amide bonds. The molecule has 2 heterocycles. The number of nitrogens with one attached hydrogen (secondary N) is 2. The number of rotatable bonds is 6. The van der Waals surface area contributed by atoms with Gasteiger partial charge in [0.15, 0.2) is 0 Å². The summed E-state index contributed by atoms with van der Waals surface area (Å²) in [6.07, 6.45) is 2.64. The van der Waals surface area contributed by atoms with Gasteiger partial charge in [-0.1, -0.05) is 61.5 Å². The van der Waals surface area contributed by atoms with Crippen LogP contribution < -0.4 is 5.32 Å². The molecule has 2 aromatic carbocycles. The number of aryl methyl sites for hydroxylation is 1. The average Bonchev–Trinajstić information content (AvgIpc) is 3.22. The molecule has 2 N–H and O–H groups in total. The Balaban J connectivity index is 1.49. The number of anilines is 1. The first-order valence-electron chi connectivity index (χ1n) is 8.95. The van der Waals surface area contributed by atoms with Crippen molar-refractivity contribution in [3.63, 3.8) is 0 Å². The van der Waals surface area contributed by atoms with Crippen molar-refractivity contribution in [2.75, 3.05) is 5.32 Å². The van der Waals surface area contributed by atoms with E-state index in [1.165, 1.54) is 5.56 Å². The summed E-state index contributed by atoms with van der Waals surface area (Å²) in [5, 5.41) is 18.8. The summed E-state index contributed by atoms with van der Waals surface area (Å²) in [6.45, 7) is 2.68. The molecule has 0 saturated heterocycles. The van der Waals surface area contributed by atoms with E-state index < -0.39 is 0 Å². The molecule has 0 aliphatic carbocycles. The fourth-order valence-corrected chi connectivity index (χ4v) is 2.97. The Bertz CT molecular complexity index is 1030. The lowest BCUT2D eigenvalue weighted by atomic mass is 10.0. The molecule has 2 aromatic heterocycles. The highest BCUT2D eigenvalue weighted by Crippen LogP contribution is 2.22. The van der Waals surface area contributed by atoms with Crippen molar-refractivity contribution in [2.24, 2.45) is 0 Å². The zero-order valence-corrected chi connectivity index (χ0v) is 15.1. The minimum atomic E-state index is 0.495. The number of H-pyrrole nitrogens is 1. The molecule has 4 aromatic rings. The van der Waals surface area contributed by atoms with E-state index in [1.807, 2.05) is 48.5 Å². The van der Waals surface area contributed by atoms with Crippen LogP contribution in [-0.4, -0.2) is 25.4 Å². The molecule has 4 rings (SSSR count). The Kier molecular flexibility index (Phi) is 4.87. The number of aromatic amines is 1. The van der Waals surface area contributed by atoms with Crippen molar-refractivity contribution in [3.8, 4) is 22.5 Å². The van der Waals surface area contributed by atoms with E-state index >= 15 is 0 Å². The topological polar surface area (TPSA) is 79.4 Å². The molecule has 0 bridgehead atoms. The van der Waals surface area contributed by atoms with Crippen LogP contribution in [0.15, 0.2) is 66.9 Å². The molecule has 6 nitrogen and oxygen atoms in total. The highest BCUT2D eigenvalue weighted by Gasteiger charge is 2.08. The molecular formula is C21H20N6. The first-order valence-corrected chi connectivity index (χ1v) is 8.95. The number of hydrogen-bond donors (Lipinski definition) is 2. The molecule has 0 fully saturated rings. The van der Waals surface area contributed by atoms with Crippen molar-refractivity contribution >= 4 is 5.95 Å². The van der Waals surface area contributed by atoms with Gasteiger partial charge in [0.1, 0.15) is 0 Å². The SMILES string of the molecule is CCc1ccccc1-c1cnnc(NCc2cc(-c3ccccc3)n[nH]2)n1. The summed E-state index contributed by atoms with van der Waals surface area (Å²) >= 11 is 0. The van der Waals surface area contributed by atoms with Crippen LogP contribution in [-0.2, 0) is 13.0 Å². The van der Waals surface area contributed by atoms with Crippen LogP contribution in [0.5, 0.6) is 0 Å². The second-order valence-electron chi connectivity index (χ2n) is 6.17. The predicted molar refractivity (Wildman–Crippen MR) is 106 cm³/mol. The van der Waals surface area contributed by atoms with Crippen LogP contribution >= 0.6 is 0 Å². The summed E-state index contributed by atoms with van der Waals surface area (Å²) in [5.41, 5.74) is 6.10. The zero-order chi connectivity index (χ0) is 18.5. The van der Waals surface area contributed by atoms with E-state index in [0.717, 1.165) is 34.6 Å². The highest BCUT2D eigenvalue weighted by molar-refractivity contribution is 5.63. The molecule has 0 aliphatic heterocycles. The van der Waals surface area contributed by atoms with Gasteiger partial charge in [-0.05, 0) is 18.1 Å². The van der Waals surface area contributed by atoms with E-state index in [1.54, 1.807) is 6.20 Å². The van der Waals surface area contributed by atoms with Crippen molar-refractivity contribution in [1.82, 2.24) is 25.4 Å². The Labute approximate surface area is 157 Å². The van der Waals surface area contributed by atoms with Crippen molar-refractivity contribution < 1.29 is 0 Å². The van der Waals surface area contributed by atoms with E-state index in [-0.39, 0.29) is 0 Å². The van der Waals surface area contributed by atoms with E-state index in [0.29, 0.717) is 12.5 Å². The van der Waals surface area contributed by atoms with E-state index in [2.05, 4.69) is 49.8 Å². The maximum absolute atomic E-state index is 4.61. The molecule has 0 saturated carbocycles. The van der Waals surface area contributed by atoms with E-state index in [9.17, 15) is 0 Å². The number of nitrogens with zero attached hydrogens (tertiary/aromatic N) is 4. The van der Waals surface area contributed by atoms with E-state index in [4.69, 9.17) is 0 Å². The van der Waals surface area contributed by atoms with Crippen LogP contribution in [0.2, 0.25) is 0 Å². The van der Waals surface area contributed by atoms with Crippen molar-refractivity contribution in [2.45, 2.75) is 19.9 Å². The molecule has 0 aliphatic rings. The van der Waals surface area contributed by atoms with Crippen molar-refractivity contribution in [3.05, 3.63) is 78.1 Å². The molecular weight excluding hydrogens is 336 g/mol. The molecule has 0 unspecified atom stereocenters. The van der Waals surface area contributed by atoms with Gasteiger partial charge in [-0.3, -0.25) is 5.10 Å². The molecule has 0 spiro atoms. The summed E-state index contributed by atoms with van der Waals surface area (Å²) in [7, 11) is 0. The lowest BCUT2D eigenvalue weighted by Gasteiger charge is -2.08. The molecule has 0 radical (unpaired) electrons. The normalized spacial score (nSPS) is 10.7. The third-order valence-electron chi connectivity index (χ3n) is 4.37. The number of hydrogen-bond acceptors (Lipinski definition) is 5. The maximum atomic E-state index is 4.61. The molecule has 134 valence electrons. The predicted octanol–water partition coefficient (Wildman–Crippen LogP) is 4.10. The molecule has 6 heteroatoms. The monoisotopic (exact) mass is 356 g/mol. The van der Waals surface area contributed by atoms with Crippen LogP contribution in [0.1, 0.15) is 18.2 Å². The lowest BCUT2D eigenvalue weighted by Crippen LogP contribution is -2.06. The van der Waals surface area contributed by atoms with Gasteiger partial charge in [0.25, 0.3) is 0 Å². The van der Waals surface area contributed by atoms with Gasteiger partial charge < -0.3 is 5.32 Å². The minimum absolute atomic E-state index is 0.495. The largest absolute Gasteiger partial charge is 0.347 e. The van der Waals surface area contributed by atoms with Gasteiger partial charge in [-0.25, -0.2) is 4.98 Å². The second kappa shape index (κ2) is 7.78. The third-order valence-corrected chi connectivity index (χ3v) is 4.37. The van der Waals surface area contributed by atoms with Crippen LogP contribution in [0, 0.1) is 0 Å². The Morgan fingerprint density at radius 3 is 2.63 bits per heavy atom. The first kappa shape index (κ1) is 16.9. The fourth-order valence-electron chi connectivity index (χ4n) is 2.97. The molecule has 27 heavy (non-hydrogen) atoms. The molecule has 0 atom stereocenters. The number of benzene rings is 2. The maximum Gasteiger partial charge on any atom is 0.243 e. The third kappa shape index (κ3) is 3.84. The number of aromatic nitrogens is 5. The fraction of sp³-hybridized carbons (Fsp3) is 0.143. The van der Waals surface area contributed by atoms with Gasteiger partial charge in [-0.15, -0.1) is 5.10 Å².